The van der Waals surface area contributed by atoms with Gasteiger partial charge in [-0.1, -0.05) is 36.4 Å². The molecule has 6 aromatic rings. The van der Waals surface area contributed by atoms with Crippen LogP contribution in [0.3, 0.4) is 0 Å². The molecule has 2 aromatic heterocycles. The van der Waals surface area contributed by atoms with E-state index in [2.05, 4.69) is 30.5 Å². The quantitative estimate of drug-likeness (QED) is 0.0835. The molecule has 2 heterocycles. The Morgan fingerprint density at radius 1 is 0.694 bits per heavy atom. The summed E-state index contributed by atoms with van der Waals surface area (Å²) in [6, 6.07) is 16.0. The van der Waals surface area contributed by atoms with Gasteiger partial charge in [-0.05, 0) is 58.9 Å². The number of nitrogens with two attached hydrogens (primary N) is 1. The van der Waals surface area contributed by atoms with Gasteiger partial charge < -0.3 is 11.1 Å². The molecule has 0 saturated heterocycles. The zero-order valence-corrected chi connectivity index (χ0v) is 27.3. The molecule has 49 heavy (non-hydrogen) atoms. The number of azo groups is 1. The number of pyridine rings is 1. The highest BCUT2D eigenvalue weighted by Crippen LogP contribution is 2.40. The summed E-state index contributed by atoms with van der Waals surface area (Å²) >= 11 is 0. The van der Waals surface area contributed by atoms with E-state index in [-0.39, 0.29) is 50.8 Å². The van der Waals surface area contributed by atoms with Crippen molar-refractivity contribution in [2.75, 3.05) is 11.1 Å². The summed E-state index contributed by atoms with van der Waals surface area (Å²) in [6.45, 7) is 1.87. The summed E-state index contributed by atoms with van der Waals surface area (Å²) in [7, 11) is -14.7. The molecule has 0 aliphatic carbocycles. The summed E-state index contributed by atoms with van der Waals surface area (Å²) < 4.78 is 105. The van der Waals surface area contributed by atoms with Crippen molar-refractivity contribution in [2.24, 2.45) is 10.2 Å². The van der Waals surface area contributed by atoms with Crippen LogP contribution >= 0.6 is 0 Å². The van der Waals surface area contributed by atoms with Gasteiger partial charge in [0.2, 0.25) is 0 Å². The van der Waals surface area contributed by atoms with Crippen molar-refractivity contribution in [1.82, 2.24) is 15.0 Å². The lowest BCUT2D eigenvalue weighted by Crippen LogP contribution is -2.33. The molecule has 20 heteroatoms. The molecule has 0 radical (unpaired) electrons. The van der Waals surface area contributed by atoms with Gasteiger partial charge in [0.15, 0.2) is 0 Å². The number of rotatable bonds is 8. The van der Waals surface area contributed by atoms with Gasteiger partial charge in [-0.25, -0.2) is 4.57 Å². The molecule has 0 bridgehead atoms. The molecule has 4 aromatic carbocycles. The molecular weight excluding hydrogens is 701 g/mol. The zero-order chi connectivity index (χ0) is 35.3. The maximum absolute atomic E-state index is 12.5. The first kappa shape index (κ1) is 33.4. The van der Waals surface area contributed by atoms with Crippen molar-refractivity contribution in [3.8, 4) is 5.95 Å². The molecule has 0 amide bonds. The smallest absolute Gasteiger partial charge is 0.353 e. The molecule has 0 fully saturated rings. The fraction of sp³-hybridized carbons (Fsp3) is 0.0345. The summed E-state index contributed by atoms with van der Waals surface area (Å²) in [5.41, 5.74) is 6.52. The van der Waals surface area contributed by atoms with Crippen molar-refractivity contribution in [1.29, 1.82) is 0 Å². The molecule has 0 saturated carbocycles. The molecule has 0 aliphatic heterocycles. The Morgan fingerprint density at radius 2 is 1.35 bits per heavy atom. The second kappa shape index (κ2) is 12.2. The summed E-state index contributed by atoms with van der Waals surface area (Å²) in [4.78, 5) is 10.7. The second-order valence-corrected chi connectivity index (χ2v) is 14.6. The summed E-state index contributed by atoms with van der Waals surface area (Å²) in [5, 5.41) is 10.6. The molecule has 6 rings (SSSR count). The fourth-order valence-corrected chi connectivity index (χ4v) is 7.39. The third-order valence-electron chi connectivity index (χ3n) is 7.08. The Hall–Kier alpha value is -5.51. The molecule has 0 unspecified atom stereocenters. The number of nitrogens with one attached hydrogen (secondary N) is 1. The number of anilines is 3. The minimum Gasteiger partial charge on any atom is -0.353 e. The van der Waals surface area contributed by atoms with Crippen LogP contribution in [-0.4, -0.2) is 53.9 Å². The van der Waals surface area contributed by atoms with Crippen molar-refractivity contribution in [3.05, 3.63) is 90.8 Å². The Bertz CT molecular complexity index is 2710. The largest absolute Gasteiger partial charge is 0.444 e. The third-order valence-corrected chi connectivity index (χ3v) is 9.83. The van der Waals surface area contributed by atoms with E-state index in [1.807, 2.05) is 13.0 Å². The topological polar surface area (TPSA) is 268 Å². The standard InChI is InChI=1S/C29H22N8O9S3/c1-16-5-4-14-37(15-16)29-33-27(30)32-28(34-29)31-21-13-12-20(19-7-3-9-24(25(19)21)48(41,42)43)35-36-22-11-10-17-18(26(22)49(44,45)46)6-2-8-23(17)47(38,39)40/h2-15H,1H3,(H5-,30,31,32,33,34,38,39,40,41,42,43,44,45,46)/p+1. The van der Waals surface area contributed by atoms with E-state index < -0.39 is 50.7 Å². The summed E-state index contributed by atoms with van der Waals surface area (Å²) in [6.07, 6.45) is 3.44. The van der Waals surface area contributed by atoms with Crippen molar-refractivity contribution in [2.45, 2.75) is 21.6 Å². The summed E-state index contributed by atoms with van der Waals surface area (Å²) in [5.74, 6) is -0.0762. The Morgan fingerprint density at radius 3 is 2.02 bits per heavy atom. The van der Waals surface area contributed by atoms with Gasteiger partial charge in [-0.2, -0.15) is 25.3 Å². The van der Waals surface area contributed by atoms with Crippen molar-refractivity contribution < 1.29 is 43.5 Å². The molecule has 0 atom stereocenters. The van der Waals surface area contributed by atoms with E-state index in [0.29, 0.717) is 0 Å². The lowest BCUT2D eigenvalue weighted by molar-refractivity contribution is -0.603. The molecule has 6 N–H and O–H groups in total. The molecule has 250 valence electrons. The van der Waals surface area contributed by atoms with Crippen LogP contribution in [-0.2, 0) is 30.4 Å². The van der Waals surface area contributed by atoms with Gasteiger partial charge in [0, 0.05) is 21.5 Å². The molecule has 17 nitrogen and oxygen atoms in total. The highest BCUT2D eigenvalue weighted by molar-refractivity contribution is 7.86. The number of nitrogens with zero attached hydrogens (tertiary/aromatic N) is 6. The van der Waals surface area contributed by atoms with Crippen LogP contribution in [0.25, 0.3) is 27.5 Å². The van der Waals surface area contributed by atoms with E-state index in [1.54, 1.807) is 23.0 Å². The number of aromatic nitrogens is 4. The minimum atomic E-state index is -5.05. The van der Waals surface area contributed by atoms with E-state index in [4.69, 9.17) is 5.73 Å². The first-order valence-electron chi connectivity index (χ1n) is 13.7. The highest BCUT2D eigenvalue weighted by atomic mass is 32.2. The minimum absolute atomic E-state index is 0.00899. The molecule has 0 spiro atoms. The first-order chi connectivity index (χ1) is 23.0. The maximum Gasteiger partial charge on any atom is 0.444 e. The van der Waals surface area contributed by atoms with Crippen molar-refractivity contribution in [3.63, 3.8) is 0 Å². The number of hydrogen-bond donors (Lipinski definition) is 5. The van der Waals surface area contributed by atoms with Crippen LogP contribution in [0.5, 0.6) is 0 Å². The molecule has 0 aliphatic rings. The third kappa shape index (κ3) is 6.76. The lowest BCUT2D eigenvalue weighted by atomic mass is 10.1. The highest BCUT2D eigenvalue weighted by Gasteiger charge is 2.25. The van der Waals surface area contributed by atoms with Crippen LogP contribution in [0.2, 0.25) is 0 Å². The van der Waals surface area contributed by atoms with E-state index >= 15 is 0 Å². The van der Waals surface area contributed by atoms with Crippen LogP contribution in [0.4, 0.5) is 29.0 Å². The second-order valence-electron chi connectivity index (χ2n) is 10.4. The van der Waals surface area contributed by atoms with Gasteiger partial charge in [0.05, 0.1) is 23.8 Å². The predicted molar refractivity (Wildman–Crippen MR) is 175 cm³/mol. The van der Waals surface area contributed by atoms with Crippen molar-refractivity contribution >= 4 is 80.9 Å². The average Bonchev–Trinajstić information content (AvgIpc) is 3.01. The van der Waals surface area contributed by atoms with Crippen LogP contribution in [0.15, 0.2) is 110 Å². The van der Waals surface area contributed by atoms with Gasteiger partial charge in [-0.15, -0.1) is 15.2 Å². The van der Waals surface area contributed by atoms with Gasteiger partial charge in [-0.3, -0.25) is 13.7 Å². The van der Waals surface area contributed by atoms with Gasteiger partial charge in [0.1, 0.15) is 20.4 Å². The Labute approximate surface area is 278 Å². The Balaban J connectivity index is 1.51. The lowest BCUT2D eigenvalue weighted by Gasteiger charge is -2.12. The Kier molecular flexibility index (Phi) is 8.30. The maximum atomic E-state index is 12.5. The van der Waals surface area contributed by atoms with Crippen LogP contribution < -0.4 is 15.6 Å². The number of aryl methyl sites for hydroxylation is 1. The monoisotopic (exact) mass is 723 g/mol. The number of fused-ring (bicyclic) bond motifs is 2. The average molecular weight is 724 g/mol. The predicted octanol–water partition coefficient (Wildman–Crippen LogP) is 4.24. The van der Waals surface area contributed by atoms with E-state index in [9.17, 15) is 38.9 Å². The number of benzene rings is 4. The van der Waals surface area contributed by atoms with E-state index in [0.717, 1.165) is 23.8 Å². The fourth-order valence-electron chi connectivity index (χ4n) is 5.13. The first-order valence-corrected chi connectivity index (χ1v) is 18.1. The van der Waals surface area contributed by atoms with Gasteiger partial charge >= 0.3 is 17.8 Å². The van der Waals surface area contributed by atoms with E-state index in [1.165, 1.54) is 42.5 Å². The molecular formula is C29H23N8O9S3+. The normalized spacial score (nSPS) is 12.6. The zero-order valence-electron chi connectivity index (χ0n) is 24.9. The SMILES string of the molecule is Cc1ccc[n+](-c2nc(N)nc(Nc3ccc(N=Nc4ccc5c(S(=O)(=O)O)cccc5c4S(=O)(=O)O)c4cccc(S(=O)(=O)O)c34)n2)c1. The van der Waals surface area contributed by atoms with Crippen LogP contribution in [0.1, 0.15) is 5.56 Å². The number of nitrogen functional groups attached to an aromatic ring is 1. The number of hydrogen-bond acceptors (Lipinski definition) is 13. The van der Waals surface area contributed by atoms with Gasteiger partial charge in [0.25, 0.3) is 30.4 Å². The van der Waals surface area contributed by atoms with Crippen LogP contribution in [0, 0.1) is 6.92 Å².